The Morgan fingerprint density at radius 1 is 1.26 bits per heavy atom. The third kappa shape index (κ3) is 2.07. The van der Waals surface area contributed by atoms with Gasteiger partial charge in [0.2, 0.25) is 0 Å². The fraction of sp³-hybridized carbons (Fsp3) is 0.286. The molecule has 0 amide bonds. The number of pyridine rings is 1. The van der Waals surface area contributed by atoms with Gasteiger partial charge in [-0.2, -0.15) is 5.10 Å². The van der Waals surface area contributed by atoms with Gasteiger partial charge in [0, 0.05) is 24.4 Å². The Morgan fingerprint density at radius 2 is 2.00 bits per heavy atom. The zero-order valence-corrected chi connectivity index (χ0v) is 12.1. The summed E-state index contributed by atoms with van der Waals surface area (Å²) in [5, 5.41) is 10.1. The smallest absolute Gasteiger partial charge is 0.158 e. The van der Waals surface area contributed by atoms with Gasteiger partial charge in [0.25, 0.3) is 0 Å². The molecule has 0 atom stereocenters. The Kier molecular flexibility index (Phi) is 3.73. The lowest BCUT2D eigenvalue weighted by Crippen LogP contribution is -2.07. The van der Waals surface area contributed by atoms with Crippen LogP contribution in [0, 0.1) is 6.92 Å². The fourth-order valence-corrected chi connectivity index (χ4v) is 2.56. The second-order valence-electron chi connectivity index (χ2n) is 4.55. The van der Waals surface area contributed by atoms with Gasteiger partial charge in [0.1, 0.15) is 0 Å². The van der Waals surface area contributed by atoms with Crippen molar-refractivity contribution in [2.45, 2.75) is 13.5 Å². The van der Waals surface area contributed by atoms with Crippen molar-refractivity contribution in [3.05, 3.63) is 35.5 Å². The molecule has 1 N–H and O–H groups in total. The maximum atomic E-state index is 4.71. The Bertz CT molecular complexity index is 733. The average Bonchev–Trinajstić information content (AvgIpc) is 2.65. The van der Waals surface area contributed by atoms with Crippen molar-refractivity contribution in [1.82, 2.24) is 20.1 Å². The number of aromatic nitrogens is 3. The van der Waals surface area contributed by atoms with Crippen LogP contribution >= 0.6 is 12.4 Å². The summed E-state index contributed by atoms with van der Waals surface area (Å²) in [6.07, 6.45) is 0. The summed E-state index contributed by atoms with van der Waals surface area (Å²) in [6.45, 7) is 2.87. The number of benzene rings is 1. The van der Waals surface area contributed by atoms with E-state index in [1.165, 1.54) is 16.3 Å². The number of rotatable bonds is 2. The van der Waals surface area contributed by atoms with Crippen LogP contribution in [0.15, 0.2) is 24.3 Å². The molecule has 0 unspecified atom stereocenters. The molecular formula is C14H17ClN4. The van der Waals surface area contributed by atoms with Crippen LogP contribution in [0.3, 0.4) is 0 Å². The van der Waals surface area contributed by atoms with Crippen LogP contribution in [0.2, 0.25) is 0 Å². The maximum Gasteiger partial charge on any atom is 0.158 e. The van der Waals surface area contributed by atoms with E-state index in [1.807, 2.05) is 31.8 Å². The van der Waals surface area contributed by atoms with E-state index >= 15 is 0 Å². The molecule has 4 nitrogen and oxygen atoms in total. The van der Waals surface area contributed by atoms with Crippen LogP contribution in [0.5, 0.6) is 0 Å². The van der Waals surface area contributed by atoms with Gasteiger partial charge in [-0.25, -0.2) is 4.98 Å². The molecule has 3 aromatic rings. The van der Waals surface area contributed by atoms with E-state index in [4.69, 9.17) is 4.98 Å². The Labute approximate surface area is 118 Å². The number of halogens is 1. The van der Waals surface area contributed by atoms with Crippen molar-refractivity contribution in [3.63, 3.8) is 0 Å². The molecule has 5 heteroatoms. The van der Waals surface area contributed by atoms with E-state index in [2.05, 4.69) is 28.6 Å². The highest BCUT2D eigenvalue weighted by Gasteiger charge is 2.14. The Balaban J connectivity index is 0.00000133. The van der Waals surface area contributed by atoms with Crippen molar-refractivity contribution in [1.29, 1.82) is 0 Å². The largest absolute Gasteiger partial charge is 0.316 e. The van der Waals surface area contributed by atoms with Crippen molar-refractivity contribution in [3.8, 4) is 0 Å². The molecule has 3 rings (SSSR count). The normalized spacial score (nSPS) is 10.9. The van der Waals surface area contributed by atoms with Gasteiger partial charge in [-0.05, 0) is 25.6 Å². The van der Waals surface area contributed by atoms with Crippen LogP contribution in [-0.4, -0.2) is 21.8 Å². The second kappa shape index (κ2) is 5.15. The summed E-state index contributed by atoms with van der Waals surface area (Å²) in [6, 6.07) is 8.26. The second-order valence-corrected chi connectivity index (χ2v) is 4.55. The molecule has 0 aliphatic carbocycles. The SMILES string of the molecule is CNCc1c2ccccc2nc2c1c(C)nn2C.Cl. The highest BCUT2D eigenvalue weighted by atomic mass is 35.5. The molecule has 2 aromatic heterocycles. The van der Waals surface area contributed by atoms with E-state index in [0.717, 1.165) is 23.4 Å². The lowest BCUT2D eigenvalue weighted by molar-refractivity contribution is 0.775. The van der Waals surface area contributed by atoms with Gasteiger partial charge in [0.05, 0.1) is 11.2 Å². The number of aryl methyl sites for hydroxylation is 2. The molecule has 0 fully saturated rings. The van der Waals surface area contributed by atoms with Crippen LogP contribution in [0.4, 0.5) is 0 Å². The standard InChI is InChI=1S/C14H16N4.ClH/c1-9-13-11(8-15-2)10-6-4-5-7-12(10)16-14(13)18(3)17-9;/h4-7,15H,8H2,1-3H3;1H. The van der Waals surface area contributed by atoms with Gasteiger partial charge in [-0.15, -0.1) is 12.4 Å². The number of fused-ring (bicyclic) bond motifs is 2. The Hall–Kier alpha value is -1.65. The molecule has 0 radical (unpaired) electrons. The molecule has 1 aromatic carbocycles. The first-order chi connectivity index (χ1) is 8.72. The molecule has 0 spiro atoms. The molecular weight excluding hydrogens is 260 g/mol. The quantitative estimate of drug-likeness (QED) is 0.782. The predicted octanol–water partition coefficient (Wildman–Crippen LogP) is 2.57. The molecule has 0 bridgehead atoms. The van der Waals surface area contributed by atoms with E-state index in [1.54, 1.807) is 0 Å². The molecule has 0 aliphatic rings. The molecule has 0 saturated heterocycles. The summed E-state index contributed by atoms with van der Waals surface area (Å²) < 4.78 is 1.86. The van der Waals surface area contributed by atoms with Crippen LogP contribution in [0.25, 0.3) is 21.9 Å². The average molecular weight is 277 g/mol. The molecule has 19 heavy (non-hydrogen) atoms. The van der Waals surface area contributed by atoms with E-state index < -0.39 is 0 Å². The third-order valence-corrected chi connectivity index (χ3v) is 3.30. The summed E-state index contributed by atoms with van der Waals surface area (Å²) in [5.74, 6) is 0. The maximum absolute atomic E-state index is 4.71. The van der Waals surface area contributed by atoms with Gasteiger partial charge in [-0.3, -0.25) is 4.68 Å². The molecule has 0 saturated carbocycles. The summed E-state index contributed by atoms with van der Waals surface area (Å²) in [7, 11) is 3.91. The van der Waals surface area contributed by atoms with Crippen LogP contribution < -0.4 is 5.32 Å². The number of hydrogen-bond acceptors (Lipinski definition) is 3. The number of nitrogens with one attached hydrogen (secondary N) is 1. The van der Waals surface area contributed by atoms with Crippen molar-refractivity contribution in [2.75, 3.05) is 7.05 Å². The molecule has 2 heterocycles. The van der Waals surface area contributed by atoms with Crippen LogP contribution in [0.1, 0.15) is 11.3 Å². The first kappa shape index (κ1) is 13.8. The van der Waals surface area contributed by atoms with Gasteiger partial charge in [-0.1, -0.05) is 18.2 Å². The number of hydrogen-bond donors (Lipinski definition) is 1. The topological polar surface area (TPSA) is 42.7 Å². The van der Waals surface area contributed by atoms with Crippen molar-refractivity contribution >= 4 is 34.3 Å². The summed E-state index contributed by atoms with van der Waals surface area (Å²) in [4.78, 5) is 4.71. The number of nitrogens with zero attached hydrogens (tertiary/aromatic N) is 3. The molecule has 100 valence electrons. The van der Waals surface area contributed by atoms with E-state index in [0.29, 0.717) is 0 Å². The van der Waals surface area contributed by atoms with Gasteiger partial charge < -0.3 is 5.32 Å². The highest BCUT2D eigenvalue weighted by Crippen LogP contribution is 2.27. The van der Waals surface area contributed by atoms with Crippen LogP contribution in [-0.2, 0) is 13.6 Å². The predicted molar refractivity (Wildman–Crippen MR) is 80.8 cm³/mol. The third-order valence-electron chi connectivity index (χ3n) is 3.30. The monoisotopic (exact) mass is 276 g/mol. The zero-order chi connectivity index (χ0) is 12.7. The van der Waals surface area contributed by atoms with Crippen molar-refractivity contribution < 1.29 is 0 Å². The minimum atomic E-state index is 0. The van der Waals surface area contributed by atoms with E-state index in [9.17, 15) is 0 Å². The number of para-hydroxylation sites is 1. The minimum Gasteiger partial charge on any atom is -0.316 e. The lowest BCUT2D eigenvalue weighted by atomic mass is 10.0. The summed E-state index contributed by atoms with van der Waals surface area (Å²) in [5.41, 5.74) is 4.30. The van der Waals surface area contributed by atoms with E-state index in [-0.39, 0.29) is 12.4 Å². The van der Waals surface area contributed by atoms with Gasteiger partial charge in [0.15, 0.2) is 5.65 Å². The first-order valence-electron chi connectivity index (χ1n) is 6.08. The summed E-state index contributed by atoms with van der Waals surface area (Å²) >= 11 is 0. The molecule has 0 aliphatic heterocycles. The minimum absolute atomic E-state index is 0. The van der Waals surface area contributed by atoms with Gasteiger partial charge >= 0.3 is 0 Å². The fourth-order valence-electron chi connectivity index (χ4n) is 2.56. The Morgan fingerprint density at radius 3 is 2.74 bits per heavy atom. The highest BCUT2D eigenvalue weighted by molar-refractivity contribution is 5.97. The lowest BCUT2D eigenvalue weighted by Gasteiger charge is -2.08. The zero-order valence-electron chi connectivity index (χ0n) is 11.3. The first-order valence-corrected chi connectivity index (χ1v) is 6.08. The van der Waals surface area contributed by atoms with Crippen molar-refractivity contribution in [2.24, 2.45) is 7.05 Å².